The fraction of sp³-hybridized carbons (Fsp3) is 0. The fourth-order valence-electron chi connectivity index (χ4n) is 6.13. The minimum atomic E-state index is 1.19. The highest BCUT2D eigenvalue weighted by Gasteiger charge is 2.27. The standard InChI is InChI=1S/C43H31/c1-6-18-32(19-7-1)37-28-16-30-39(41(37)34-22-10-3-11-23-34)43(36-26-14-5-15-27-36)40-31-17-29-38(33-20-8-2-9-21-33)42(40)35-24-12-4-13-25-35/h1-31H. The zero-order valence-electron chi connectivity index (χ0n) is 23.9. The maximum absolute atomic E-state index is 2.29. The van der Waals surface area contributed by atoms with Crippen LogP contribution in [0, 0.1) is 5.92 Å². The van der Waals surface area contributed by atoms with E-state index in [1.54, 1.807) is 0 Å². The summed E-state index contributed by atoms with van der Waals surface area (Å²) in [5.41, 5.74) is 13.3. The van der Waals surface area contributed by atoms with Crippen LogP contribution in [0.15, 0.2) is 188 Å². The van der Waals surface area contributed by atoms with Crippen LogP contribution in [0.4, 0.5) is 0 Å². The Morgan fingerprint density at radius 2 is 0.581 bits per heavy atom. The van der Waals surface area contributed by atoms with Crippen LogP contribution >= 0.6 is 0 Å². The lowest BCUT2D eigenvalue weighted by Crippen LogP contribution is -2.09. The lowest BCUT2D eigenvalue weighted by atomic mass is 9.75. The molecule has 0 saturated carbocycles. The molecule has 0 unspecified atom stereocenters. The Bertz CT molecular complexity index is 1800. The predicted octanol–water partition coefficient (Wildman–Crippen LogP) is 11.4. The van der Waals surface area contributed by atoms with E-state index in [9.17, 15) is 0 Å². The van der Waals surface area contributed by atoms with Gasteiger partial charge in [0.05, 0.1) is 5.92 Å². The van der Waals surface area contributed by atoms with Crippen molar-refractivity contribution in [3.63, 3.8) is 0 Å². The second kappa shape index (κ2) is 12.2. The van der Waals surface area contributed by atoms with E-state index >= 15 is 0 Å². The summed E-state index contributed by atoms with van der Waals surface area (Å²) in [5.74, 6) is 1.22. The van der Waals surface area contributed by atoms with Crippen molar-refractivity contribution in [1.82, 2.24) is 0 Å². The molecule has 0 aliphatic heterocycles. The molecule has 7 rings (SSSR count). The second-order valence-corrected chi connectivity index (χ2v) is 10.7. The van der Waals surface area contributed by atoms with Crippen molar-refractivity contribution in [2.45, 2.75) is 0 Å². The van der Waals surface area contributed by atoms with E-state index in [1.165, 1.54) is 67.1 Å². The molecule has 203 valence electrons. The minimum Gasteiger partial charge on any atom is -0.0622 e. The molecule has 7 aromatic carbocycles. The van der Waals surface area contributed by atoms with Gasteiger partial charge < -0.3 is 0 Å². The van der Waals surface area contributed by atoms with Crippen LogP contribution in [0.1, 0.15) is 16.7 Å². The van der Waals surface area contributed by atoms with Gasteiger partial charge in [0.25, 0.3) is 0 Å². The average molecular weight is 548 g/mol. The van der Waals surface area contributed by atoms with E-state index in [1.807, 2.05) is 0 Å². The molecule has 0 bridgehead atoms. The molecule has 0 amide bonds. The molecule has 0 aromatic heterocycles. The van der Waals surface area contributed by atoms with Gasteiger partial charge in [-0.1, -0.05) is 188 Å². The van der Waals surface area contributed by atoms with Crippen molar-refractivity contribution in [2.24, 2.45) is 0 Å². The highest BCUT2D eigenvalue weighted by atomic mass is 14.3. The molecule has 0 N–H and O–H groups in total. The molecular weight excluding hydrogens is 516 g/mol. The molecule has 0 heteroatoms. The summed E-state index contributed by atoms with van der Waals surface area (Å²) in [4.78, 5) is 0. The van der Waals surface area contributed by atoms with Gasteiger partial charge in [-0.2, -0.15) is 0 Å². The maximum Gasteiger partial charge on any atom is 0.0642 e. The monoisotopic (exact) mass is 547 g/mol. The van der Waals surface area contributed by atoms with Gasteiger partial charge in [-0.25, -0.2) is 0 Å². The van der Waals surface area contributed by atoms with E-state index in [4.69, 9.17) is 0 Å². The van der Waals surface area contributed by atoms with Gasteiger partial charge in [-0.05, 0) is 61.2 Å². The lowest BCUT2D eigenvalue weighted by Gasteiger charge is -2.27. The Morgan fingerprint density at radius 3 is 0.953 bits per heavy atom. The van der Waals surface area contributed by atoms with Gasteiger partial charge in [-0.15, -0.1) is 0 Å². The number of hydrogen-bond acceptors (Lipinski definition) is 0. The number of hydrogen-bond donors (Lipinski definition) is 0. The number of rotatable bonds is 7. The van der Waals surface area contributed by atoms with Crippen molar-refractivity contribution in [2.75, 3.05) is 0 Å². The van der Waals surface area contributed by atoms with Crippen LogP contribution in [0.3, 0.4) is 0 Å². The van der Waals surface area contributed by atoms with Crippen molar-refractivity contribution in [3.8, 4) is 44.5 Å². The third kappa shape index (κ3) is 5.32. The van der Waals surface area contributed by atoms with Gasteiger partial charge in [0.15, 0.2) is 0 Å². The van der Waals surface area contributed by atoms with E-state index < -0.39 is 0 Å². The molecule has 0 saturated heterocycles. The molecule has 0 atom stereocenters. The second-order valence-electron chi connectivity index (χ2n) is 10.7. The van der Waals surface area contributed by atoms with Crippen molar-refractivity contribution in [3.05, 3.63) is 211 Å². The molecule has 0 spiro atoms. The first kappa shape index (κ1) is 26.4. The summed E-state index contributed by atoms with van der Waals surface area (Å²) in [6.07, 6.45) is 0. The van der Waals surface area contributed by atoms with Gasteiger partial charge in [0.2, 0.25) is 0 Å². The topological polar surface area (TPSA) is 0 Å². The third-order valence-corrected chi connectivity index (χ3v) is 8.02. The Labute approximate surface area is 254 Å². The first-order chi connectivity index (χ1) is 21.4. The Morgan fingerprint density at radius 1 is 0.256 bits per heavy atom. The first-order valence-electron chi connectivity index (χ1n) is 14.8. The van der Waals surface area contributed by atoms with Crippen molar-refractivity contribution >= 4 is 0 Å². The summed E-state index contributed by atoms with van der Waals surface area (Å²) in [5, 5.41) is 0. The summed E-state index contributed by atoms with van der Waals surface area (Å²) in [6, 6.07) is 67.5. The highest BCUT2D eigenvalue weighted by Crippen LogP contribution is 2.46. The molecular formula is C43H31. The molecule has 1 radical (unpaired) electrons. The van der Waals surface area contributed by atoms with Crippen LogP contribution < -0.4 is 0 Å². The van der Waals surface area contributed by atoms with Crippen LogP contribution in [-0.4, -0.2) is 0 Å². The third-order valence-electron chi connectivity index (χ3n) is 8.02. The predicted molar refractivity (Wildman–Crippen MR) is 182 cm³/mol. The Kier molecular flexibility index (Phi) is 7.49. The maximum atomic E-state index is 2.29. The Balaban J connectivity index is 1.58. The summed E-state index contributed by atoms with van der Waals surface area (Å²) in [6.45, 7) is 0. The van der Waals surface area contributed by atoms with Crippen LogP contribution in [0.5, 0.6) is 0 Å². The zero-order valence-corrected chi connectivity index (χ0v) is 23.9. The summed E-state index contributed by atoms with van der Waals surface area (Å²) in [7, 11) is 0. The molecule has 0 aliphatic rings. The average Bonchev–Trinajstić information content (AvgIpc) is 3.10. The summed E-state index contributed by atoms with van der Waals surface area (Å²) >= 11 is 0. The molecule has 0 fully saturated rings. The lowest BCUT2D eigenvalue weighted by molar-refractivity contribution is 1.23. The zero-order chi connectivity index (χ0) is 28.8. The van der Waals surface area contributed by atoms with Crippen molar-refractivity contribution < 1.29 is 0 Å². The summed E-state index contributed by atoms with van der Waals surface area (Å²) < 4.78 is 0. The van der Waals surface area contributed by atoms with Gasteiger partial charge >= 0.3 is 0 Å². The van der Waals surface area contributed by atoms with Crippen LogP contribution in [-0.2, 0) is 0 Å². The molecule has 0 nitrogen and oxygen atoms in total. The Hall–Kier alpha value is -5.46. The van der Waals surface area contributed by atoms with Gasteiger partial charge in [-0.3, -0.25) is 0 Å². The minimum absolute atomic E-state index is 1.19. The van der Waals surface area contributed by atoms with E-state index in [0.717, 1.165) is 0 Å². The number of benzene rings is 7. The molecule has 0 aliphatic carbocycles. The van der Waals surface area contributed by atoms with Crippen LogP contribution in [0.2, 0.25) is 0 Å². The van der Waals surface area contributed by atoms with E-state index in [2.05, 4.69) is 188 Å². The van der Waals surface area contributed by atoms with Crippen molar-refractivity contribution in [1.29, 1.82) is 0 Å². The normalized spacial score (nSPS) is 11.0. The smallest absolute Gasteiger partial charge is 0.0622 e. The quantitative estimate of drug-likeness (QED) is 0.174. The highest BCUT2D eigenvalue weighted by molar-refractivity contribution is 5.93. The first-order valence-corrected chi connectivity index (χ1v) is 14.8. The largest absolute Gasteiger partial charge is 0.0642 e. The SMILES string of the molecule is c1ccc([C](c2cccc(-c3ccccc3)c2-c2ccccc2)c2cccc(-c3ccccc3)c2-c2ccccc2)cc1. The molecule has 0 heterocycles. The van der Waals surface area contributed by atoms with Gasteiger partial charge in [0.1, 0.15) is 0 Å². The molecule has 43 heavy (non-hydrogen) atoms. The van der Waals surface area contributed by atoms with Crippen LogP contribution in [0.25, 0.3) is 44.5 Å². The fourth-order valence-corrected chi connectivity index (χ4v) is 6.13. The van der Waals surface area contributed by atoms with E-state index in [-0.39, 0.29) is 0 Å². The van der Waals surface area contributed by atoms with E-state index in [0.29, 0.717) is 0 Å². The molecule has 7 aromatic rings. The van der Waals surface area contributed by atoms with Gasteiger partial charge in [0, 0.05) is 0 Å².